The Kier molecular flexibility index (Phi) is 6.77. The van der Waals surface area contributed by atoms with Crippen LogP contribution >= 0.6 is 0 Å². The van der Waals surface area contributed by atoms with Crippen LogP contribution in [0.25, 0.3) is 0 Å². The first kappa shape index (κ1) is 17.6. The van der Waals surface area contributed by atoms with Gasteiger partial charge in [0.2, 0.25) is 10.0 Å². The molecule has 0 aliphatic carbocycles. The predicted octanol–water partition coefficient (Wildman–Crippen LogP) is 3.19. The van der Waals surface area contributed by atoms with Crippen molar-refractivity contribution >= 4 is 15.7 Å². The van der Waals surface area contributed by atoms with Crippen molar-refractivity contribution < 1.29 is 13.3 Å². The van der Waals surface area contributed by atoms with Crippen LogP contribution in [0.2, 0.25) is 0 Å². The molecule has 0 aliphatic heterocycles. The number of non-ortho nitro benzene ring substituents is 1. The van der Waals surface area contributed by atoms with Crippen molar-refractivity contribution in [3.63, 3.8) is 0 Å². The van der Waals surface area contributed by atoms with Crippen molar-refractivity contribution in [2.45, 2.75) is 44.4 Å². The van der Waals surface area contributed by atoms with E-state index in [0.29, 0.717) is 13.1 Å². The number of unbranched alkanes of at least 4 members (excludes halogenated alkanes) is 2. The lowest BCUT2D eigenvalue weighted by atomic mass is 10.3. The lowest BCUT2D eigenvalue weighted by Crippen LogP contribution is -2.33. The van der Waals surface area contributed by atoms with Gasteiger partial charge in [-0.3, -0.25) is 10.1 Å². The quantitative estimate of drug-likeness (QED) is 0.518. The zero-order valence-corrected chi connectivity index (χ0v) is 13.3. The maximum Gasteiger partial charge on any atom is 0.270 e. The van der Waals surface area contributed by atoms with Crippen molar-refractivity contribution in [2.75, 3.05) is 13.1 Å². The average Bonchev–Trinajstić information content (AvgIpc) is 2.47. The Morgan fingerprint density at radius 3 is 2.19 bits per heavy atom. The first-order chi connectivity index (χ1) is 9.93. The molecule has 0 aromatic heterocycles. The van der Waals surface area contributed by atoms with E-state index in [1.807, 2.05) is 13.8 Å². The second kappa shape index (κ2) is 8.09. The molecule has 1 rings (SSSR count). The van der Waals surface area contributed by atoms with E-state index in [-0.39, 0.29) is 10.6 Å². The Bertz CT molecular complexity index is 564. The van der Waals surface area contributed by atoms with Gasteiger partial charge in [0.1, 0.15) is 0 Å². The normalized spacial score (nSPS) is 11.8. The summed E-state index contributed by atoms with van der Waals surface area (Å²) in [6.45, 7) is 4.89. The van der Waals surface area contributed by atoms with Crippen LogP contribution in [-0.4, -0.2) is 30.7 Å². The molecule has 0 fully saturated rings. The molecule has 0 amide bonds. The van der Waals surface area contributed by atoms with Crippen molar-refractivity contribution in [3.05, 3.63) is 34.4 Å². The summed E-state index contributed by atoms with van der Waals surface area (Å²) in [5, 5.41) is 10.8. The molecule has 0 unspecified atom stereocenters. The minimum atomic E-state index is -3.67. The van der Waals surface area contributed by atoms with Crippen LogP contribution in [0.4, 0.5) is 5.69 Å². The molecular weight excluding hydrogens is 292 g/mol. The number of hydrogen-bond donors (Lipinski definition) is 0. The van der Waals surface area contributed by atoms with Crippen LogP contribution in [0.5, 0.6) is 0 Å². The summed E-state index contributed by atoms with van der Waals surface area (Å²) in [5.41, 5.74) is -0.206. The Morgan fingerprint density at radius 2 is 1.71 bits per heavy atom. The fourth-order valence-electron chi connectivity index (χ4n) is 1.93. The molecule has 0 saturated carbocycles. The van der Waals surface area contributed by atoms with Crippen molar-refractivity contribution in [1.29, 1.82) is 0 Å². The van der Waals surface area contributed by atoms with Gasteiger partial charge in [-0.2, -0.15) is 4.31 Å². The average molecular weight is 314 g/mol. The first-order valence-corrected chi connectivity index (χ1v) is 8.62. The molecule has 0 bridgehead atoms. The van der Waals surface area contributed by atoms with Gasteiger partial charge in [-0.15, -0.1) is 0 Å². The molecule has 6 nitrogen and oxygen atoms in total. The molecule has 0 atom stereocenters. The van der Waals surface area contributed by atoms with Crippen LogP contribution in [0, 0.1) is 10.1 Å². The number of nitrogens with zero attached hydrogens (tertiary/aromatic N) is 2. The lowest BCUT2D eigenvalue weighted by Gasteiger charge is -2.21. The van der Waals surface area contributed by atoms with Gasteiger partial charge >= 0.3 is 0 Å². The van der Waals surface area contributed by atoms with Crippen molar-refractivity contribution in [2.24, 2.45) is 0 Å². The highest BCUT2D eigenvalue weighted by Crippen LogP contribution is 2.21. The van der Waals surface area contributed by atoms with Crippen molar-refractivity contribution in [3.8, 4) is 0 Å². The van der Waals surface area contributed by atoms with Crippen LogP contribution in [-0.2, 0) is 10.0 Å². The summed E-state index contributed by atoms with van der Waals surface area (Å²) in [4.78, 5) is 10.2. The Balaban J connectivity index is 3.08. The second-order valence-electron chi connectivity index (χ2n) is 4.87. The topological polar surface area (TPSA) is 80.5 Å². The minimum Gasteiger partial charge on any atom is -0.258 e. The maximum absolute atomic E-state index is 12.6. The van der Waals surface area contributed by atoms with E-state index in [9.17, 15) is 18.5 Å². The maximum atomic E-state index is 12.6. The van der Waals surface area contributed by atoms with Gasteiger partial charge in [-0.05, 0) is 18.9 Å². The van der Waals surface area contributed by atoms with Crippen LogP contribution in [0.1, 0.15) is 39.5 Å². The molecule has 1 aromatic carbocycles. The Hall–Kier alpha value is -1.47. The first-order valence-electron chi connectivity index (χ1n) is 7.18. The lowest BCUT2D eigenvalue weighted by molar-refractivity contribution is -0.385. The summed E-state index contributed by atoms with van der Waals surface area (Å²) in [5.74, 6) is 0. The SMILES string of the molecule is CCCCN(CCCC)S(=O)(=O)c1cccc([N+](=O)[O-])c1. The highest BCUT2D eigenvalue weighted by atomic mass is 32.2. The fourth-order valence-corrected chi connectivity index (χ4v) is 3.48. The highest BCUT2D eigenvalue weighted by Gasteiger charge is 2.25. The van der Waals surface area contributed by atoms with Crippen LogP contribution in [0.3, 0.4) is 0 Å². The van der Waals surface area contributed by atoms with Crippen LogP contribution in [0.15, 0.2) is 29.2 Å². The minimum absolute atomic E-state index is 0.0103. The predicted molar refractivity (Wildman–Crippen MR) is 81.7 cm³/mol. The molecule has 0 heterocycles. The van der Waals surface area contributed by atoms with Gasteiger partial charge in [0.05, 0.1) is 9.82 Å². The third kappa shape index (κ3) is 4.78. The largest absolute Gasteiger partial charge is 0.270 e. The van der Waals surface area contributed by atoms with Gasteiger partial charge in [-0.25, -0.2) is 8.42 Å². The van der Waals surface area contributed by atoms with E-state index in [1.54, 1.807) is 0 Å². The van der Waals surface area contributed by atoms with E-state index in [1.165, 1.54) is 22.5 Å². The third-order valence-corrected chi connectivity index (χ3v) is 5.08. The van der Waals surface area contributed by atoms with Gasteiger partial charge in [0, 0.05) is 25.2 Å². The molecular formula is C14H22N2O4S. The zero-order chi connectivity index (χ0) is 15.9. The molecule has 1 aromatic rings. The van der Waals surface area contributed by atoms with E-state index in [4.69, 9.17) is 0 Å². The monoisotopic (exact) mass is 314 g/mol. The van der Waals surface area contributed by atoms with Crippen molar-refractivity contribution in [1.82, 2.24) is 4.31 Å². The molecule has 0 N–H and O–H groups in total. The molecule has 0 saturated heterocycles. The van der Waals surface area contributed by atoms with Gasteiger partial charge < -0.3 is 0 Å². The Labute approximate surface area is 126 Å². The van der Waals surface area contributed by atoms with Gasteiger partial charge in [0.25, 0.3) is 5.69 Å². The number of benzene rings is 1. The number of nitro groups is 1. The number of hydrogen-bond acceptors (Lipinski definition) is 4. The fraction of sp³-hybridized carbons (Fsp3) is 0.571. The van der Waals surface area contributed by atoms with Gasteiger partial charge in [0.15, 0.2) is 0 Å². The molecule has 0 spiro atoms. The van der Waals surface area contributed by atoms with Crippen LogP contribution < -0.4 is 0 Å². The number of rotatable bonds is 9. The zero-order valence-electron chi connectivity index (χ0n) is 12.5. The molecule has 21 heavy (non-hydrogen) atoms. The van der Waals surface area contributed by atoms with E-state index >= 15 is 0 Å². The second-order valence-corrected chi connectivity index (χ2v) is 6.80. The number of nitro benzene ring substituents is 1. The highest BCUT2D eigenvalue weighted by molar-refractivity contribution is 7.89. The summed E-state index contributed by atoms with van der Waals surface area (Å²) in [6.07, 6.45) is 3.34. The molecule has 7 heteroatoms. The molecule has 0 aliphatic rings. The summed E-state index contributed by atoms with van der Waals surface area (Å²) < 4.78 is 26.7. The third-order valence-electron chi connectivity index (χ3n) is 3.19. The summed E-state index contributed by atoms with van der Waals surface area (Å²) in [7, 11) is -3.67. The smallest absolute Gasteiger partial charge is 0.258 e. The molecule has 0 radical (unpaired) electrons. The Morgan fingerprint density at radius 1 is 1.14 bits per heavy atom. The standard InChI is InChI=1S/C14H22N2O4S/c1-3-5-10-15(11-6-4-2)21(19,20)14-9-7-8-13(12-14)16(17)18/h7-9,12H,3-6,10-11H2,1-2H3. The molecule has 118 valence electrons. The van der Waals surface area contributed by atoms with Gasteiger partial charge in [-0.1, -0.05) is 32.8 Å². The van der Waals surface area contributed by atoms with E-state index < -0.39 is 14.9 Å². The number of sulfonamides is 1. The van der Waals surface area contributed by atoms with E-state index in [0.717, 1.165) is 31.7 Å². The van der Waals surface area contributed by atoms with E-state index in [2.05, 4.69) is 0 Å². The summed E-state index contributed by atoms with van der Waals surface area (Å²) in [6, 6.07) is 5.23. The summed E-state index contributed by atoms with van der Waals surface area (Å²) >= 11 is 0.